The zero-order valence-electron chi connectivity index (χ0n) is 7.14. The fourth-order valence-corrected chi connectivity index (χ4v) is 1.20. The Morgan fingerprint density at radius 1 is 1.14 bits per heavy atom. The zero-order valence-corrected chi connectivity index (χ0v) is 7.14. The molecule has 0 atom stereocenters. The minimum absolute atomic E-state index is 0.320. The van der Waals surface area contributed by atoms with Gasteiger partial charge in [-0.05, 0) is 0 Å². The van der Waals surface area contributed by atoms with Crippen molar-refractivity contribution in [1.29, 1.82) is 0 Å². The van der Waals surface area contributed by atoms with E-state index in [0.29, 0.717) is 15.9 Å². The number of benzene rings is 1. The molecule has 3 nitrogen and oxygen atoms in total. The van der Waals surface area contributed by atoms with Gasteiger partial charge in [-0.2, -0.15) is 13.5 Å². The lowest BCUT2D eigenvalue weighted by Crippen LogP contribution is -2.02. The van der Waals surface area contributed by atoms with Crippen LogP contribution in [-0.2, 0) is 0 Å². The van der Waals surface area contributed by atoms with Gasteiger partial charge in [0.15, 0.2) is 0 Å². The second-order valence-electron chi connectivity index (χ2n) is 2.71. The number of hydrogen-bond acceptors (Lipinski definition) is 2. The summed E-state index contributed by atoms with van der Waals surface area (Å²) in [5.74, 6) is 0. The number of rotatable bonds is 2. The second kappa shape index (κ2) is 3.53. The van der Waals surface area contributed by atoms with Crippen LogP contribution in [0, 0.1) is 0 Å². The lowest BCUT2D eigenvalue weighted by atomic mass is 10.2. The van der Waals surface area contributed by atoms with Crippen LogP contribution in [0.4, 0.5) is 8.78 Å². The third-order valence-electron chi connectivity index (χ3n) is 1.83. The van der Waals surface area contributed by atoms with Crippen molar-refractivity contribution in [1.82, 2.24) is 15.0 Å². The van der Waals surface area contributed by atoms with Crippen molar-refractivity contribution in [3.05, 3.63) is 36.5 Å². The number of nitrogens with zero attached hydrogens (tertiary/aromatic N) is 3. The smallest absolute Gasteiger partial charge is 0.184 e. The van der Waals surface area contributed by atoms with E-state index in [0.717, 1.165) is 0 Å². The first kappa shape index (κ1) is 8.80. The SMILES string of the molecule is FC(F)n1nncc1-c1ccccc1. The van der Waals surface area contributed by atoms with Crippen LogP contribution in [0.15, 0.2) is 36.5 Å². The van der Waals surface area contributed by atoms with Gasteiger partial charge in [-0.3, -0.25) is 0 Å². The van der Waals surface area contributed by atoms with Crippen molar-refractivity contribution in [2.75, 3.05) is 0 Å². The summed E-state index contributed by atoms with van der Waals surface area (Å²) in [5.41, 5.74) is 0.999. The lowest BCUT2D eigenvalue weighted by molar-refractivity contribution is 0.0565. The molecule has 0 aliphatic carbocycles. The Labute approximate surface area is 79.0 Å². The summed E-state index contributed by atoms with van der Waals surface area (Å²) < 4.78 is 25.4. The predicted octanol–water partition coefficient (Wildman–Crippen LogP) is 2.34. The van der Waals surface area contributed by atoms with E-state index < -0.39 is 6.55 Å². The maximum absolute atomic E-state index is 12.4. The summed E-state index contributed by atoms with van der Waals surface area (Å²) in [6, 6.07) is 8.84. The minimum Gasteiger partial charge on any atom is -0.184 e. The van der Waals surface area contributed by atoms with Crippen LogP contribution in [0.1, 0.15) is 6.55 Å². The minimum atomic E-state index is -2.66. The number of alkyl halides is 2. The molecule has 0 spiro atoms. The quantitative estimate of drug-likeness (QED) is 0.736. The van der Waals surface area contributed by atoms with Gasteiger partial charge in [-0.25, -0.2) is 0 Å². The molecule has 0 aliphatic rings. The van der Waals surface area contributed by atoms with Crippen molar-refractivity contribution in [3.8, 4) is 11.3 Å². The maximum atomic E-state index is 12.4. The largest absolute Gasteiger partial charge is 0.335 e. The summed E-state index contributed by atoms with van der Waals surface area (Å²) in [4.78, 5) is 0. The Bertz CT molecular complexity index is 411. The van der Waals surface area contributed by atoms with Crippen LogP contribution < -0.4 is 0 Å². The molecule has 0 aliphatic heterocycles. The van der Waals surface area contributed by atoms with Crippen molar-refractivity contribution in [2.45, 2.75) is 6.55 Å². The average Bonchev–Trinajstić information content (AvgIpc) is 2.67. The van der Waals surface area contributed by atoms with Gasteiger partial charge in [0.2, 0.25) is 0 Å². The maximum Gasteiger partial charge on any atom is 0.335 e. The highest BCUT2D eigenvalue weighted by atomic mass is 19.3. The fourth-order valence-electron chi connectivity index (χ4n) is 1.20. The van der Waals surface area contributed by atoms with Crippen LogP contribution in [0.25, 0.3) is 11.3 Å². The fraction of sp³-hybridized carbons (Fsp3) is 0.111. The molecule has 0 unspecified atom stereocenters. The molecule has 2 aromatic rings. The Morgan fingerprint density at radius 3 is 2.50 bits per heavy atom. The molecule has 0 saturated heterocycles. The van der Waals surface area contributed by atoms with Crippen LogP contribution in [0.5, 0.6) is 0 Å². The predicted molar refractivity (Wildman–Crippen MR) is 46.7 cm³/mol. The van der Waals surface area contributed by atoms with Gasteiger partial charge >= 0.3 is 6.55 Å². The van der Waals surface area contributed by atoms with E-state index in [1.807, 2.05) is 6.07 Å². The van der Waals surface area contributed by atoms with Gasteiger partial charge in [0.1, 0.15) is 0 Å². The molecule has 5 heteroatoms. The van der Waals surface area contributed by atoms with Crippen molar-refractivity contribution >= 4 is 0 Å². The topological polar surface area (TPSA) is 30.7 Å². The first-order valence-electron chi connectivity index (χ1n) is 4.03. The van der Waals surface area contributed by atoms with E-state index >= 15 is 0 Å². The van der Waals surface area contributed by atoms with Crippen LogP contribution in [-0.4, -0.2) is 15.0 Å². The first-order valence-corrected chi connectivity index (χ1v) is 4.03. The monoisotopic (exact) mass is 195 g/mol. The molecule has 14 heavy (non-hydrogen) atoms. The van der Waals surface area contributed by atoms with Gasteiger partial charge in [0.25, 0.3) is 0 Å². The van der Waals surface area contributed by atoms with Gasteiger partial charge < -0.3 is 0 Å². The molecular formula is C9H7F2N3. The molecule has 2 rings (SSSR count). The van der Waals surface area contributed by atoms with Crippen LogP contribution in [0.2, 0.25) is 0 Å². The molecule has 1 aromatic heterocycles. The zero-order chi connectivity index (χ0) is 9.97. The summed E-state index contributed by atoms with van der Waals surface area (Å²) in [7, 11) is 0. The number of aromatic nitrogens is 3. The third-order valence-corrected chi connectivity index (χ3v) is 1.83. The summed E-state index contributed by atoms with van der Waals surface area (Å²) in [6.45, 7) is -2.66. The summed E-state index contributed by atoms with van der Waals surface area (Å²) >= 11 is 0. The third kappa shape index (κ3) is 1.48. The van der Waals surface area contributed by atoms with E-state index in [9.17, 15) is 8.78 Å². The van der Waals surface area contributed by atoms with Crippen molar-refractivity contribution in [2.24, 2.45) is 0 Å². The van der Waals surface area contributed by atoms with Crippen LogP contribution in [0.3, 0.4) is 0 Å². The molecule has 0 amide bonds. The molecule has 1 heterocycles. The molecule has 1 aromatic carbocycles. The molecule has 0 fully saturated rings. The van der Waals surface area contributed by atoms with Gasteiger partial charge in [0, 0.05) is 5.56 Å². The molecule has 0 saturated carbocycles. The van der Waals surface area contributed by atoms with E-state index in [1.54, 1.807) is 24.3 Å². The van der Waals surface area contributed by atoms with Gasteiger partial charge in [-0.1, -0.05) is 35.5 Å². The molecule has 0 N–H and O–H groups in total. The molecule has 0 radical (unpaired) electrons. The Kier molecular flexibility index (Phi) is 2.22. The molecule has 72 valence electrons. The number of hydrogen-bond donors (Lipinski definition) is 0. The van der Waals surface area contributed by atoms with E-state index in [1.165, 1.54) is 6.20 Å². The highest BCUT2D eigenvalue weighted by Gasteiger charge is 2.13. The lowest BCUT2D eigenvalue weighted by Gasteiger charge is -2.03. The Balaban J connectivity index is 2.47. The van der Waals surface area contributed by atoms with Crippen molar-refractivity contribution < 1.29 is 8.78 Å². The molecule has 0 bridgehead atoms. The van der Waals surface area contributed by atoms with Crippen LogP contribution >= 0.6 is 0 Å². The highest BCUT2D eigenvalue weighted by Crippen LogP contribution is 2.21. The Morgan fingerprint density at radius 2 is 1.86 bits per heavy atom. The summed E-state index contributed by atoms with van der Waals surface area (Å²) in [6.07, 6.45) is 1.32. The van der Waals surface area contributed by atoms with Gasteiger partial charge in [0.05, 0.1) is 11.9 Å². The van der Waals surface area contributed by atoms with E-state index in [2.05, 4.69) is 10.3 Å². The van der Waals surface area contributed by atoms with Crippen molar-refractivity contribution in [3.63, 3.8) is 0 Å². The number of halogens is 2. The summed E-state index contributed by atoms with van der Waals surface area (Å²) in [5, 5.41) is 6.76. The Hall–Kier alpha value is -1.78. The standard InChI is InChI=1S/C9H7F2N3/c10-9(11)14-8(6-12-13-14)7-4-2-1-3-5-7/h1-6,9H. The second-order valence-corrected chi connectivity index (χ2v) is 2.71. The van der Waals surface area contributed by atoms with Gasteiger partial charge in [-0.15, -0.1) is 5.10 Å². The average molecular weight is 195 g/mol. The normalized spacial score (nSPS) is 10.8. The van der Waals surface area contributed by atoms with E-state index in [-0.39, 0.29) is 0 Å². The first-order chi connectivity index (χ1) is 6.79. The molecular weight excluding hydrogens is 188 g/mol. The van der Waals surface area contributed by atoms with E-state index in [4.69, 9.17) is 0 Å². The highest BCUT2D eigenvalue weighted by molar-refractivity contribution is 5.57.